The molecule has 0 unspecified atom stereocenters. The highest BCUT2D eigenvalue weighted by Crippen LogP contribution is 2.05. The molecular formula is C12H22N2O. The highest BCUT2D eigenvalue weighted by molar-refractivity contribution is 4.98. The molecule has 86 valence electrons. The average Bonchev–Trinajstić information content (AvgIpc) is 2.61. The predicted octanol–water partition coefficient (Wildman–Crippen LogP) is 1.93. The molecule has 3 N–H and O–H groups in total. The third kappa shape index (κ3) is 6.31. The van der Waals surface area contributed by atoms with Crippen molar-refractivity contribution in [3.63, 3.8) is 0 Å². The Kier molecular flexibility index (Phi) is 4.85. The maximum Gasteiger partial charge on any atom is 0.105 e. The van der Waals surface area contributed by atoms with Crippen LogP contribution in [0.1, 0.15) is 32.4 Å². The van der Waals surface area contributed by atoms with Crippen molar-refractivity contribution < 1.29 is 4.42 Å². The maximum atomic E-state index is 5.88. The molecule has 3 nitrogen and oxygen atoms in total. The van der Waals surface area contributed by atoms with Crippen LogP contribution in [0.5, 0.6) is 0 Å². The monoisotopic (exact) mass is 210 g/mol. The molecule has 1 aromatic rings. The lowest BCUT2D eigenvalue weighted by Gasteiger charge is -2.17. The molecule has 0 saturated carbocycles. The number of hydrogen-bond acceptors (Lipinski definition) is 3. The van der Waals surface area contributed by atoms with Crippen molar-refractivity contribution in [3.05, 3.63) is 24.2 Å². The Morgan fingerprint density at radius 2 is 2.20 bits per heavy atom. The number of nitrogens with two attached hydrogens (primary N) is 1. The van der Waals surface area contributed by atoms with E-state index < -0.39 is 0 Å². The Hall–Kier alpha value is -0.800. The van der Waals surface area contributed by atoms with Crippen molar-refractivity contribution in [1.82, 2.24) is 5.32 Å². The highest BCUT2D eigenvalue weighted by atomic mass is 16.3. The van der Waals surface area contributed by atoms with Gasteiger partial charge in [-0.05, 0) is 45.4 Å². The van der Waals surface area contributed by atoms with Gasteiger partial charge >= 0.3 is 0 Å². The molecule has 0 aliphatic heterocycles. The van der Waals surface area contributed by atoms with Gasteiger partial charge in [0.1, 0.15) is 5.76 Å². The van der Waals surface area contributed by atoms with Gasteiger partial charge in [0.2, 0.25) is 0 Å². The van der Waals surface area contributed by atoms with Crippen molar-refractivity contribution >= 4 is 0 Å². The van der Waals surface area contributed by atoms with Crippen LogP contribution >= 0.6 is 0 Å². The largest absolute Gasteiger partial charge is 0.469 e. The fraction of sp³-hybridized carbons (Fsp3) is 0.667. The number of furan rings is 1. The maximum absolute atomic E-state index is 5.88. The fourth-order valence-electron chi connectivity index (χ4n) is 1.46. The molecule has 1 heterocycles. The van der Waals surface area contributed by atoms with Crippen LogP contribution in [0.2, 0.25) is 0 Å². The lowest BCUT2D eigenvalue weighted by Crippen LogP contribution is -2.33. The SMILES string of the molecule is CC(C)(N)CCCNCCc1ccco1. The van der Waals surface area contributed by atoms with Crippen LogP contribution in [0, 0.1) is 0 Å². The third-order valence-corrected chi connectivity index (χ3v) is 2.30. The number of nitrogens with one attached hydrogen (secondary N) is 1. The Bertz CT molecular complexity index is 249. The predicted molar refractivity (Wildman–Crippen MR) is 62.8 cm³/mol. The molecule has 1 aromatic heterocycles. The van der Waals surface area contributed by atoms with E-state index in [2.05, 4.69) is 19.2 Å². The second-order valence-electron chi connectivity index (χ2n) is 4.67. The molecule has 0 radical (unpaired) electrons. The van der Waals surface area contributed by atoms with Crippen molar-refractivity contribution in [1.29, 1.82) is 0 Å². The molecule has 0 atom stereocenters. The lowest BCUT2D eigenvalue weighted by atomic mass is 10.0. The van der Waals surface area contributed by atoms with Crippen LogP contribution < -0.4 is 11.1 Å². The standard InChI is InChI=1S/C12H22N2O/c1-12(2,13)7-4-8-14-9-6-11-5-3-10-15-11/h3,5,10,14H,4,6-9,13H2,1-2H3. The summed E-state index contributed by atoms with van der Waals surface area (Å²) < 4.78 is 5.23. The van der Waals surface area contributed by atoms with Crippen LogP contribution in [-0.2, 0) is 6.42 Å². The van der Waals surface area contributed by atoms with Gasteiger partial charge < -0.3 is 15.5 Å². The van der Waals surface area contributed by atoms with Gasteiger partial charge in [-0.25, -0.2) is 0 Å². The minimum Gasteiger partial charge on any atom is -0.469 e. The highest BCUT2D eigenvalue weighted by Gasteiger charge is 2.08. The first-order valence-corrected chi connectivity index (χ1v) is 5.60. The fourth-order valence-corrected chi connectivity index (χ4v) is 1.46. The minimum atomic E-state index is -0.0390. The smallest absolute Gasteiger partial charge is 0.105 e. The molecule has 0 saturated heterocycles. The van der Waals surface area contributed by atoms with E-state index in [-0.39, 0.29) is 5.54 Å². The van der Waals surface area contributed by atoms with Crippen LogP contribution in [0.15, 0.2) is 22.8 Å². The van der Waals surface area contributed by atoms with Gasteiger partial charge in [0.05, 0.1) is 6.26 Å². The van der Waals surface area contributed by atoms with E-state index in [0.717, 1.165) is 38.1 Å². The minimum absolute atomic E-state index is 0.0390. The molecule has 3 heteroatoms. The first kappa shape index (κ1) is 12.3. The summed E-state index contributed by atoms with van der Waals surface area (Å²) >= 11 is 0. The quantitative estimate of drug-likeness (QED) is 0.676. The van der Waals surface area contributed by atoms with E-state index in [4.69, 9.17) is 10.2 Å². The van der Waals surface area contributed by atoms with Crippen molar-refractivity contribution in [2.24, 2.45) is 5.73 Å². The molecule has 0 aliphatic carbocycles. The molecular weight excluding hydrogens is 188 g/mol. The number of rotatable bonds is 7. The summed E-state index contributed by atoms with van der Waals surface area (Å²) in [6.07, 6.45) is 4.85. The van der Waals surface area contributed by atoms with Gasteiger partial charge in [0.25, 0.3) is 0 Å². The van der Waals surface area contributed by atoms with Gasteiger partial charge in [-0.15, -0.1) is 0 Å². The summed E-state index contributed by atoms with van der Waals surface area (Å²) in [7, 11) is 0. The second-order valence-corrected chi connectivity index (χ2v) is 4.67. The van der Waals surface area contributed by atoms with E-state index in [0.29, 0.717) is 0 Å². The molecule has 0 aliphatic rings. The van der Waals surface area contributed by atoms with Gasteiger partial charge in [-0.2, -0.15) is 0 Å². The number of hydrogen-bond donors (Lipinski definition) is 2. The van der Waals surface area contributed by atoms with Gasteiger partial charge in [-0.3, -0.25) is 0 Å². The molecule has 15 heavy (non-hydrogen) atoms. The van der Waals surface area contributed by atoms with E-state index in [1.54, 1.807) is 6.26 Å². The van der Waals surface area contributed by atoms with Crippen LogP contribution in [-0.4, -0.2) is 18.6 Å². The van der Waals surface area contributed by atoms with Crippen LogP contribution in [0.3, 0.4) is 0 Å². The average molecular weight is 210 g/mol. The molecule has 0 amide bonds. The van der Waals surface area contributed by atoms with E-state index >= 15 is 0 Å². The van der Waals surface area contributed by atoms with Gasteiger partial charge in [-0.1, -0.05) is 0 Å². The van der Waals surface area contributed by atoms with Gasteiger partial charge in [0.15, 0.2) is 0 Å². The molecule has 0 spiro atoms. The zero-order chi connectivity index (χ0) is 11.1. The Morgan fingerprint density at radius 3 is 2.80 bits per heavy atom. The Balaban J connectivity index is 1.94. The molecule has 0 aromatic carbocycles. The third-order valence-electron chi connectivity index (χ3n) is 2.30. The molecule has 1 rings (SSSR count). The van der Waals surface area contributed by atoms with Crippen molar-refractivity contribution in [2.75, 3.05) is 13.1 Å². The Morgan fingerprint density at radius 1 is 1.40 bits per heavy atom. The van der Waals surface area contributed by atoms with E-state index in [9.17, 15) is 0 Å². The first-order valence-electron chi connectivity index (χ1n) is 5.60. The van der Waals surface area contributed by atoms with Crippen LogP contribution in [0.25, 0.3) is 0 Å². The second kappa shape index (κ2) is 5.93. The van der Waals surface area contributed by atoms with Crippen molar-refractivity contribution in [3.8, 4) is 0 Å². The zero-order valence-corrected chi connectivity index (χ0v) is 9.75. The summed E-state index contributed by atoms with van der Waals surface area (Å²) in [5, 5.41) is 3.38. The lowest BCUT2D eigenvalue weighted by molar-refractivity contribution is 0.444. The first-order chi connectivity index (χ1) is 7.08. The zero-order valence-electron chi connectivity index (χ0n) is 9.75. The van der Waals surface area contributed by atoms with E-state index in [1.807, 2.05) is 12.1 Å². The Labute approximate surface area is 92.0 Å². The van der Waals surface area contributed by atoms with Crippen molar-refractivity contribution in [2.45, 2.75) is 38.6 Å². The summed E-state index contributed by atoms with van der Waals surface area (Å²) in [4.78, 5) is 0. The summed E-state index contributed by atoms with van der Waals surface area (Å²) in [5.41, 5.74) is 5.85. The van der Waals surface area contributed by atoms with Gasteiger partial charge in [0, 0.05) is 18.5 Å². The summed E-state index contributed by atoms with van der Waals surface area (Å²) in [5.74, 6) is 1.04. The molecule has 0 bridgehead atoms. The topological polar surface area (TPSA) is 51.2 Å². The normalized spacial score (nSPS) is 11.9. The summed E-state index contributed by atoms with van der Waals surface area (Å²) in [6, 6.07) is 3.93. The van der Waals surface area contributed by atoms with Crippen LogP contribution in [0.4, 0.5) is 0 Å². The van der Waals surface area contributed by atoms with E-state index in [1.165, 1.54) is 0 Å². The summed E-state index contributed by atoms with van der Waals surface area (Å²) in [6.45, 7) is 6.13. The molecule has 0 fully saturated rings.